The van der Waals surface area contributed by atoms with E-state index in [2.05, 4.69) is 0 Å². The first kappa shape index (κ1) is 32.2. The van der Waals surface area contributed by atoms with Crippen molar-refractivity contribution in [2.45, 2.75) is 108 Å². The van der Waals surface area contributed by atoms with Gasteiger partial charge in [-0.25, -0.2) is 4.99 Å². The van der Waals surface area contributed by atoms with Gasteiger partial charge in [-0.1, -0.05) is 131 Å². The van der Waals surface area contributed by atoms with E-state index in [-0.39, 0.29) is 17.7 Å². The van der Waals surface area contributed by atoms with Crippen molar-refractivity contribution < 1.29 is 9.59 Å². The molecule has 1 atom stereocenters. The molecule has 1 aromatic carbocycles. The maximum absolute atomic E-state index is 14.3. The first-order valence-electron chi connectivity index (χ1n) is 17.5. The minimum atomic E-state index is -0.665. The molecule has 4 aliphatic rings. The van der Waals surface area contributed by atoms with Gasteiger partial charge in [-0.2, -0.15) is 0 Å². The van der Waals surface area contributed by atoms with Crippen LogP contribution in [-0.2, 0) is 9.59 Å². The van der Waals surface area contributed by atoms with Crippen LogP contribution >= 0.6 is 0 Å². The van der Waals surface area contributed by atoms with Gasteiger partial charge in [0.15, 0.2) is 5.96 Å². The molecule has 1 unspecified atom stereocenters. The van der Waals surface area contributed by atoms with Crippen LogP contribution in [0.2, 0.25) is 0 Å². The molecule has 2 amide bonds. The van der Waals surface area contributed by atoms with Crippen LogP contribution in [0.25, 0.3) is 0 Å². The number of aliphatic imine (C=N–C) groups is 1. The minimum absolute atomic E-state index is 0.141. The average molecular weight is 599 g/mol. The molecular formula is C38H54N4O2. The van der Waals surface area contributed by atoms with E-state index in [9.17, 15) is 9.59 Å². The van der Waals surface area contributed by atoms with Crippen molar-refractivity contribution in [3.63, 3.8) is 0 Å². The quantitative estimate of drug-likeness (QED) is 0.267. The molecule has 0 aromatic heterocycles. The van der Waals surface area contributed by atoms with Gasteiger partial charge in [0.1, 0.15) is 5.54 Å². The summed E-state index contributed by atoms with van der Waals surface area (Å²) in [7, 11) is 0. The zero-order valence-electron chi connectivity index (χ0n) is 26.9. The van der Waals surface area contributed by atoms with Crippen LogP contribution in [0.15, 0.2) is 71.8 Å². The van der Waals surface area contributed by atoms with Crippen LogP contribution in [0.5, 0.6) is 0 Å². The summed E-state index contributed by atoms with van der Waals surface area (Å²) in [6.45, 7) is 4.00. The topological polar surface area (TPSA) is 79.0 Å². The summed E-state index contributed by atoms with van der Waals surface area (Å²) in [6, 6.07) is 10.0. The first-order valence-corrected chi connectivity index (χ1v) is 17.5. The van der Waals surface area contributed by atoms with E-state index < -0.39 is 5.54 Å². The van der Waals surface area contributed by atoms with Crippen molar-refractivity contribution in [1.29, 1.82) is 0 Å². The number of allylic oxidation sites excluding steroid dienone is 5. The van der Waals surface area contributed by atoms with E-state index in [0.29, 0.717) is 43.3 Å². The maximum Gasteiger partial charge on any atom is 0.257 e. The lowest BCUT2D eigenvalue weighted by Gasteiger charge is -2.37. The average Bonchev–Trinajstić information content (AvgIpc) is 3.27. The molecule has 1 aromatic rings. The Balaban J connectivity index is 1.22. The van der Waals surface area contributed by atoms with Crippen molar-refractivity contribution >= 4 is 17.8 Å². The lowest BCUT2D eigenvalue weighted by atomic mass is 9.73. The molecule has 6 heteroatoms. The number of nitrogens with zero attached hydrogens (tertiary/aromatic N) is 3. The predicted molar refractivity (Wildman–Crippen MR) is 180 cm³/mol. The van der Waals surface area contributed by atoms with Crippen LogP contribution in [-0.4, -0.2) is 52.7 Å². The predicted octanol–water partition coefficient (Wildman–Crippen LogP) is 7.53. The largest absolute Gasteiger partial charge is 0.369 e. The van der Waals surface area contributed by atoms with Gasteiger partial charge < -0.3 is 10.6 Å². The number of guanidine groups is 1. The minimum Gasteiger partial charge on any atom is -0.369 e. The Morgan fingerprint density at radius 2 is 1.45 bits per heavy atom. The molecule has 2 heterocycles. The third-order valence-corrected chi connectivity index (χ3v) is 10.6. The highest BCUT2D eigenvalue weighted by Gasteiger charge is 2.50. The van der Waals surface area contributed by atoms with Crippen molar-refractivity contribution in [1.82, 2.24) is 9.80 Å². The molecule has 2 N–H and O–H groups in total. The molecule has 44 heavy (non-hydrogen) atoms. The highest BCUT2D eigenvalue weighted by atomic mass is 16.2. The fourth-order valence-electron chi connectivity index (χ4n) is 8.15. The number of hydrogen-bond acceptors (Lipinski definition) is 4. The normalized spacial score (nSPS) is 23.3. The van der Waals surface area contributed by atoms with Gasteiger partial charge in [0, 0.05) is 19.6 Å². The standard InChI is InChI=1S/C38H54N4O2/c1-2-3-4-5-15-22-34(33-20-13-8-14-21-33)35(43)41-25-23-32(24-26-41)29-42-36(44)38(40-37(42)39,27-30-16-9-6-10-17-30)28-31-18-11-7-12-19-31/h2-5,8,13-15,20-22,30-32,34H,6-7,9-12,16-19,23-29H2,1H3,(H2,39,40)/b3-2-,5-4-,22-15+. The van der Waals surface area contributed by atoms with Crippen molar-refractivity contribution in [3.8, 4) is 0 Å². The van der Waals surface area contributed by atoms with E-state index in [4.69, 9.17) is 10.7 Å². The SMILES string of the molecule is C\C=C/C=C\C=C\C(C(=O)N1CCC(CN2C(=O)C(CC3CCCCC3)(CC3CCCCC3)N=C2N)CC1)c1ccccc1. The fourth-order valence-corrected chi connectivity index (χ4v) is 8.15. The zero-order valence-corrected chi connectivity index (χ0v) is 26.9. The number of rotatable bonds is 11. The number of likely N-dealkylation sites (tertiary alicyclic amines) is 1. The van der Waals surface area contributed by atoms with E-state index in [1.807, 2.05) is 83.5 Å². The Hall–Kier alpha value is -3.15. The zero-order chi connectivity index (χ0) is 30.8. The number of piperidine rings is 1. The summed E-state index contributed by atoms with van der Waals surface area (Å²) in [6.07, 6.45) is 27.9. The monoisotopic (exact) mass is 598 g/mol. The molecule has 0 radical (unpaired) electrons. The van der Waals surface area contributed by atoms with Crippen LogP contribution in [0.3, 0.4) is 0 Å². The number of carbonyl (C=O) groups is 2. The second kappa shape index (κ2) is 15.7. The summed E-state index contributed by atoms with van der Waals surface area (Å²) >= 11 is 0. The van der Waals surface area contributed by atoms with Crippen molar-refractivity contribution in [2.75, 3.05) is 19.6 Å². The first-order chi connectivity index (χ1) is 21.5. The lowest BCUT2D eigenvalue weighted by molar-refractivity contribution is -0.135. The highest BCUT2D eigenvalue weighted by Crippen LogP contribution is 2.42. The van der Waals surface area contributed by atoms with E-state index >= 15 is 0 Å². The summed E-state index contributed by atoms with van der Waals surface area (Å²) in [5.41, 5.74) is 6.95. The molecule has 238 valence electrons. The summed E-state index contributed by atoms with van der Waals surface area (Å²) in [5, 5.41) is 0. The van der Waals surface area contributed by atoms with E-state index in [0.717, 1.165) is 31.2 Å². The third kappa shape index (κ3) is 8.11. The Labute approximate surface area is 265 Å². The number of benzene rings is 1. The summed E-state index contributed by atoms with van der Waals surface area (Å²) in [5.74, 6) is 1.88. The summed E-state index contributed by atoms with van der Waals surface area (Å²) < 4.78 is 0. The second-order valence-corrected chi connectivity index (χ2v) is 13.8. The molecule has 2 aliphatic heterocycles. The van der Waals surface area contributed by atoms with Gasteiger partial charge in [0.05, 0.1) is 5.92 Å². The third-order valence-electron chi connectivity index (χ3n) is 10.6. The molecular weight excluding hydrogens is 544 g/mol. The Morgan fingerprint density at radius 3 is 2.05 bits per heavy atom. The number of carbonyl (C=O) groups excluding carboxylic acids is 2. The molecule has 6 nitrogen and oxygen atoms in total. The number of amides is 2. The van der Waals surface area contributed by atoms with Gasteiger partial charge in [0.25, 0.3) is 5.91 Å². The second-order valence-electron chi connectivity index (χ2n) is 13.8. The van der Waals surface area contributed by atoms with Crippen LogP contribution in [0.4, 0.5) is 0 Å². The molecule has 2 saturated carbocycles. The smallest absolute Gasteiger partial charge is 0.257 e. The van der Waals surface area contributed by atoms with Crippen LogP contribution in [0.1, 0.15) is 108 Å². The van der Waals surface area contributed by atoms with Gasteiger partial charge in [-0.3, -0.25) is 14.5 Å². The fraction of sp³-hybridized carbons (Fsp3) is 0.605. The summed E-state index contributed by atoms with van der Waals surface area (Å²) in [4.78, 5) is 37.0. The molecule has 0 spiro atoms. The molecule has 2 aliphatic carbocycles. The van der Waals surface area contributed by atoms with Crippen molar-refractivity contribution in [2.24, 2.45) is 28.5 Å². The number of nitrogens with two attached hydrogens (primary N) is 1. The van der Waals surface area contributed by atoms with Gasteiger partial charge >= 0.3 is 0 Å². The van der Waals surface area contributed by atoms with E-state index in [1.54, 1.807) is 0 Å². The Kier molecular flexibility index (Phi) is 11.5. The Morgan fingerprint density at radius 1 is 0.864 bits per heavy atom. The Bertz CT molecular complexity index is 1180. The molecule has 0 bridgehead atoms. The molecule has 3 fully saturated rings. The molecule has 5 rings (SSSR count). The lowest BCUT2D eigenvalue weighted by Crippen LogP contribution is -2.49. The van der Waals surface area contributed by atoms with Crippen LogP contribution in [0, 0.1) is 17.8 Å². The molecule has 1 saturated heterocycles. The van der Waals surface area contributed by atoms with Gasteiger partial charge in [-0.05, 0) is 55.9 Å². The number of hydrogen-bond donors (Lipinski definition) is 1. The van der Waals surface area contributed by atoms with Crippen LogP contribution < -0.4 is 5.73 Å². The maximum atomic E-state index is 14.3. The van der Waals surface area contributed by atoms with Gasteiger partial charge in [0.2, 0.25) is 5.91 Å². The van der Waals surface area contributed by atoms with E-state index in [1.165, 1.54) is 64.2 Å². The van der Waals surface area contributed by atoms with Gasteiger partial charge in [-0.15, -0.1) is 0 Å². The highest BCUT2D eigenvalue weighted by molar-refractivity contribution is 6.06. The van der Waals surface area contributed by atoms with Crippen molar-refractivity contribution in [3.05, 3.63) is 72.4 Å².